The Morgan fingerprint density at radius 3 is 2.79 bits per heavy atom. The summed E-state index contributed by atoms with van der Waals surface area (Å²) in [7, 11) is -3.39. The summed E-state index contributed by atoms with van der Waals surface area (Å²) < 4.78 is 29.2. The fraction of sp³-hybridized carbons (Fsp3) is 0.667. The van der Waals surface area contributed by atoms with Crippen LogP contribution in [0.1, 0.15) is 24.7 Å². The molecule has 1 fully saturated rings. The van der Waals surface area contributed by atoms with Crippen LogP contribution in [0.4, 0.5) is 6.01 Å². The molecule has 0 aromatic carbocycles. The van der Waals surface area contributed by atoms with Crippen LogP contribution in [0.2, 0.25) is 0 Å². The van der Waals surface area contributed by atoms with E-state index in [9.17, 15) is 8.42 Å². The Morgan fingerprint density at radius 1 is 1.50 bits per heavy atom. The third kappa shape index (κ3) is 2.24. The van der Waals surface area contributed by atoms with Crippen LogP contribution in [-0.4, -0.2) is 23.3 Å². The lowest BCUT2D eigenvalue weighted by Crippen LogP contribution is -2.13. The summed E-state index contributed by atoms with van der Waals surface area (Å²) in [5, 5.41) is 7.32. The Kier molecular flexibility index (Phi) is 2.48. The highest BCUT2D eigenvalue weighted by Gasteiger charge is 2.29. The maximum atomic E-state index is 11.1. The molecule has 6 nitrogen and oxygen atoms in total. The molecule has 1 saturated carbocycles. The van der Waals surface area contributed by atoms with Gasteiger partial charge in [0.15, 0.2) is 0 Å². The lowest BCUT2D eigenvalue weighted by atomic mass is 10.4. The predicted molar refractivity (Wildman–Crippen MR) is 52.6 cm³/mol. The van der Waals surface area contributed by atoms with E-state index in [1.54, 1.807) is 0 Å². The summed E-state index contributed by atoms with van der Waals surface area (Å²) in [6.45, 7) is 0. The Labute approximate surface area is 89.3 Å². The van der Waals surface area contributed by atoms with Crippen molar-refractivity contribution >= 4 is 32.0 Å². The first-order valence-corrected chi connectivity index (χ1v) is 6.78. The molecule has 1 heterocycles. The van der Waals surface area contributed by atoms with Crippen LogP contribution in [0.5, 0.6) is 0 Å². The molecule has 0 spiro atoms. The lowest BCUT2D eigenvalue weighted by molar-refractivity contribution is 0.511. The molecule has 0 unspecified atom stereocenters. The Hall–Kier alpha value is -0.630. The number of alkyl halides is 1. The SMILES string of the molecule is O=S(=O)(CBr)Nc1nnc(C2CC2)o1. The summed E-state index contributed by atoms with van der Waals surface area (Å²) in [6, 6.07) is -0.0636. The molecule has 14 heavy (non-hydrogen) atoms. The number of rotatable bonds is 4. The van der Waals surface area contributed by atoms with E-state index in [-0.39, 0.29) is 10.7 Å². The van der Waals surface area contributed by atoms with Gasteiger partial charge in [-0.25, -0.2) is 13.1 Å². The van der Waals surface area contributed by atoms with Crippen LogP contribution in [-0.2, 0) is 10.0 Å². The van der Waals surface area contributed by atoms with Crippen LogP contribution in [0.3, 0.4) is 0 Å². The second kappa shape index (κ2) is 3.50. The molecular formula is C6H8BrN3O3S. The first-order valence-electron chi connectivity index (χ1n) is 4.00. The zero-order valence-corrected chi connectivity index (χ0v) is 9.51. The highest BCUT2D eigenvalue weighted by Crippen LogP contribution is 2.39. The summed E-state index contributed by atoms with van der Waals surface area (Å²) in [5.41, 5.74) is 0. The van der Waals surface area contributed by atoms with Gasteiger partial charge in [-0.3, -0.25) is 0 Å². The summed E-state index contributed by atoms with van der Waals surface area (Å²) in [4.78, 5) is 0. The highest BCUT2D eigenvalue weighted by atomic mass is 79.9. The smallest absolute Gasteiger partial charge is 0.329 e. The molecule has 0 radical (unpaired) electrons. The minimum absolute atomic E-state index is 0.0636. The minimum atomic E-state index is -3.39. The molecule has 1 aromatic heterocycles. The summed E-state index contributed by atoms with van der Waals surface area (Å²) in [6.07, 6.45) is 2.07. The molecular weight excluding hydrogens is 274 g/mol. The number of aromatic nitrogens is 2. The molecule has 0 bridgehead atoms. The number of hydrogen-bond acceptors (Lipinski definition) is 5. The van der Waals surface area contributed by atoms with Gasteiger partial charge in [0.25, 0.3) is 0 Å². The average molecular weight is 282 g/mol. The van der Waals surface area contributed by atoms with E-state index in [1.807, 2.05) is 0 Å². The quantitative estimate of drug-likeness (QED) is 0.834. The molecule has 1 aliphatic carbocycles. The van der Waals surface area contributed by atoms with E-state index in [0.717, 1.165) is 12.8 Å². The van der Waals surface area contributed by atoms with E-state index >= 15 is 0 Å². The van der Waals surface area contributed by atoms with Crippen molar-refractivity contribution in [1.29, 1.82) is 0 Å². The third-order valence-corrected chi connectivity index (χ3v) is 4.33. The van der Waals surface area contributed by atoms with Gasteiger partial charge in [0, 0.05) is 5.92 Å². The molecule has 1 aromatic rings. The fourth-order valence-electron chi connectivity index (χ4n) is 0.931. The van der Waals surface area contributed by atoms with Gasteiger partial charge in [0.05, 0.1) is 0 Å². The molecule has 1 aliphatic rings. The number of sulfonamides is 1. The van der Waals surface area contributed by atoms with Gasteiger partial charge in [-0.05, 0) is 12.8 Å². The molecule has 78 valence electrons. The van der Waals surface area contributed by atoms with Crippen molar-refractivity contribution < 1.29 is 12.8 Å². The fourth-order valence-corrected chi connectivity index (χ4v) is 1.68. The number of nitrogens with zero attached hydrogens (tertiary/aromatic N) is 2. The van der Waals surface area contributed by atoms with Crippen molar-refractivity contribution in [3.63, 3.8) is 0 Å². The highest BCUT2D eigenvalue weighted by molar-refractivity contribution is 9.10. The predicted octanol–water partition coefficient (Wildman–Crippen LogP) is 1.04. The Balaban J connectivity index is 2.09. The first kappa shape index (κ1) is 9.91. The van der Waals surface area contributed by atoms with Crippen molar-refractivity contribution in [2.75, 3.05) is 9.38 Å². The van der Waals surface area contributed by atoms with E-state index in [4.69, 9.17) is 4.42 Å². The molecule has 2 rings (SSSR count). The van der Waals surface area contributed by atoms with E-state index in [2.05, 4.69) is 30.8 Å². The van der Waals surface area contributed by atoms with Crippen LogP contribution in [0.25, 0.3) is 0 Å². The third-order valence-electron chi connectivity index (χ3n) is 1.75. The van der Waals surface area contributed by atoms with Crippen molar-refractivity contribution in [3.05, 3.63) is 5.89 Å². The molecule has 1 N–H and O–H groups in total. The van der Waals surface area contributed by atoms with Crippen LogP contribution in [0.15, 0.2) is 4.42 Å². The van der Waals surface area contributed by atoms with Gasteiger partial charge in [-0.1, -0.05) is 21.0 Å². The van der Waals surface area contributed by atoms with Crippen molar-refractivity contribution in [1.82, 2.24) is 10.2 Å². The summed E-state index contributed by atoms with van der Waals surface area (Å²) >= 11 is 2.84. The van der Waals surface area contributed by atoms with Gasteiger partial charge < -0.3 is 4.42 Å². The number of anilines is 1. The van der Waals surface area contributed by atoms with Gasteiger partial charge in [0.1, 0.15) is 4.66 Å². The van der Waals surface area contributed by atoms with E-state index < -0.39 is 10.0 Å². The Bertz CT molecular complexity index is 425. The number of hydrogen-bond donors (Lipinski definition) is 1. The summed E-state index contributed by atoms with van der Waals surface area (Å²) in [5.74, 6) is 0.835. The molecule has 0 atom stereocenters. The van der Waals surface area contributed by atoms with Gasteiger partial charge in [0.2, 0.25) is 15.9 Å². The monoisotopic (exact) mass is 281 g/mol. The average Bonchev–Trinajstić information content (AvgIpc) is 2.89. The molecule has 0 aliphatic heterocycles. The zero-order valence-electron chi connectivity index (χ0n) is 7.10. The zero-order chi connectivity index (χ0) is 10.2. The molecule has 8 heteroatoms. The maximum absolute atomic E-state index is 11.1. The number of nitrogens with one attached hydrogen (secondary N) is 1. The van der Waals surface area contributed by atoms with E-state index in [1.165, 1.54) is 0 Å². The lowest BCUT2D eigenvalue weighted by Gasteiger charge is -1.97. The Morgan fingerprint density at radius 2 is 2.21 bits per heavy atom. The second-order valence-electron chi connectivity index (χ2n) is 3.05. The van der Waals surface area contributed by atoms with Crippen molar-refractivity contribution in [3.8, 4) is 0 Å². The van der Waals surface area contributed by atoms with Crippen LogP contribution >= 0.6 is 15.9 Å². The minimum Gasteiger partial charge on any atom is -0.407 e. The molecule has 0 saturated heterocycles. The standard InChI is InChI=1S/C6H8BrN3O3S/c7-3-14(11,12)10-6-9-8-5(13-6)4-1-2-4/h4H,1-3H2,(H,9,10). The topological polar surface area (TPSA) is 85.1 Å². The van der Waals surface area contributed by atoms with Gasteiger partial charge >= 0.3 is 6.01 Å². The van der Waals surface area contributed by atoms with E-state index in [0.29, 0.717) is 11.8 Å². The normalized spacial score (nSPS) is 16.9. The maximum Gasteiger partial charge on any atom is 0.329 e. The largest absolute Gasteiger partial charge is 0.407 e. The van der Waals surface area contributed by atoms with Crippen LogP contribution in [0, 0.1) is 0 Å². The van der Waals surface area contributed by atoms with Gasteiger partial charge in [-0.2, -0.15) is 0 Å². The van der Waals surface area contributed by atoms with Gasteiger partial charge in [-0.15, -0.1) is 5.10 Å². The second-order valence-corrected chi connectivity index (χ2v) is 6.07. The van der Waals surface area contributed by atoms with Crippen LogP contribution < -0.4 is 4.72 Å². The van der Waals surface area contributed by atoms with Crippen molar-refractivity contribution in [2.45, 2.75) is 18.8 Å². The number of halogens is 1. The molecule has 0 amide bonds. The first-order chi connectivity index (χ1) is 6.61. The van der Waals surface area contributed by atoms with Crippen molar-refractivity contribution in [2.24, 2.45) is 0 Å².